The van der Waals surface area contributed by atoms with Gasteiger partial charge in [-0.1, -0.05) is 58.5 Å². The molecule has 0 saturated carbocycles. The van der Waals surface area contributed by atoms with E-state index in [9.17, 15) is 5.11 Å². The molecule has 0 aliphatic heterocycles. The average Bonchev–Trinajstić information content (AvgIpc) is 2.15. The lowest BCUT2D eigenvalue weighted by molar-refractivity contribution is 0.268. The van der Waals surface area contributed by atoms with Gasteiger partial charge in [0, 0.05) is 10.8 Å². The van der Waals surface area contributed by atoms with Crippen LogP contribution in [-0.4, -0.2) is 14.3 Å². The molecule has 15 heavy (non-hydrogen) atoms. The van der Waals surface area contributed by atoms with Crippen molar-refractivity contribution in [1.29, 1.82) is 0 Å². The van der Waals surface area contributed by atoms with E-state index in [1.165, 1.54) is 0 Å². The Hall–Kier alpha value is 0.690. The van der Waals surface area contributed by atoms with E-state index in [2.05, 4.69) is 0 Å². The first-order valence-corrected chi connectivity index (χ1v) is 6.56. The molecule has 0 bridgehead atoms. The molecule has 0 aromatic heterocycles. The van der Waals surface area contributed by atoms with Crippen molar-refractivity contribution in [2.24, 2.45) is 0 Å². The second-order valence-electron chi connectivity index (χ2n) is 2.83. The molecule has 1 aromatic carbocycles. The highest BCUT2D eigenvalue weighted by molar-refractivity contribution is 7.99. The van der Waals surface area contributed by atoms with E-state index in [0.29, 0.717) is 10.8 Å². The standard InChI is InChI=1S/C9H8Cl4OS/c10-7-3-1-6(2-4-7)5-15-8(14)9(11,12)13/h1-4,8,14H,5H2. The monoisotopic (exact) mass is 304 g/mol. The summed E-state index contributed by atoms with van der Waals surface area (Å²) in [6.45, 7) is 0. The molecule has 6 heteroatoms. The summed E-state index contributed by atoms with van der Waals surface area (Å²) in [5.74, 6) is 0.562. The first kappa shape index (κ1) is 13.8. The fourth-order valence-electron chi connectivity index (χ4n) is 0.850. The van der Waals surface area contributed by atoms with Gasteiger partial charge in [-0.25, -0.2) is 0 Å². The molecule has 1 nitrogen and oxygen atoms in total. The van der Waals surface area contributed by atoms with E-state index >= 15 is 0 Å². The number of benzene rings is 1. The lowest BCUT2D eigenvalue weighted by atomic mass is 10.2. The number of rotatable bonds is 3. The van der Waals surface area contributed by atoms with Crippen LogP contribution in [0.15, 0.2) is 24.3 Å². The van der Waals surface area contributed by atoms with Crippen molar-refractivity contribution in [2.45, 2.75) is 15.0 Å². The molecule has 0 aliphatic rings. The van der Waals surface area contributed by atoms with Gasteiger partial charge in [0.2, 0.25) is 3.79 Å². The molecule has 0 saturated heterocycles. The Morgan fingerprint density at radius 1 is 1.20 bits per heavy atom. The zero-order valence-electron chi connectivity index (χ0n) is 7.46. The van der Waals surface area contributed by atoms with Gasteiger partial charge >= 0.3 is 0 Å². The van der Waals surface area contributed by atoms with Crippen LogP contribution in [-0.2, 0) is 5.75 Å². The van der Waals surface area contributed by atoms with Gasteiger partial charge in [0.15, 0.2) is 0 Å². The second-order valence-corrected chi connectivity index (χ2v) is 6.71. The Kier molecular flexibility index (Phi) is 5.37. The third-order valence-electron chi connectivity index (χ3n) is 1.60. The summed E-state index contributed by atoms with van der Waals surface area (Å²) < 4.78 is -1.66. The van der Waals surface area contributed by atoms with Gasteiger partial charge in [0.05, 0.1) is 0 Å². The highest BCUT2D eigenvalue weighted by Gasteiger charge is 2.30. The third kappa shape index (κ3) is 5.03. The maximum atomic E-state index is 9.44. The quantitative estimate of drug-likeness (QED) is 0.665. The molecule has 1 atom stereocenters. The molecule has 84 valence electrons. The van der Waals surface area contributed by atoms with Gasteiger partial charge in [-0.05, 0) is 17.7 Å². The number of halogens is 4. The van der Waals surface area contributed by atoms with Crippen LogP contribution in [0.2, 0.25) is 5.02 Å². The normalized spacial score (nSPS) is 13.9. The SMILES string of the molecule is OC(SCc1ccc(Cl)cc1)C(Cl)(Cl)Cl. The maximum Gasteiger partial charge on any atom is 0.225 e. The van der Waals surface area contributed by atoms with Crippen molar-refractivity contribution < 1.29 is 5.11 Å². The van der Waals surface area contributed by atoms with Gasteiger partial charge < -0.3 is 5.11 Å². The van der Waals surface area contributed by atoms with E-state index in [1.54, 1.807) is 12.1 Å². The summed E-state index contributed by atoms with van der Waals surface area (Å²) in [5, 5.41) is 10.1. The van der Waals surface area contributed by atoms with Crippen LogP contribution < -0.4 is 0 Å². The molecule has 1 aromatic rings. The van der Waals surface area contributed by atoms with Crippen molar-refractivity contribution in [3.63, 3.8) is 0 Å². The van der Waals surface area contributed by atoms with E-state index in [0.717, 1.165) is 17.3 Å². The fourth-order valence-corrected chi connectivity index (χ4v) is 2.27. The van der Waals surface area contributed by atoms with Crippen molar-refractivity contribution in [2.75, 3.05) is 0 Å². The number of alkyl halides is 3. The second kappa shape index (κ2) is 5.85. The van der Waals surface area contributed by atoms with Crippen LogP contribution in [0.5, 0.6) is 0 Å². The first-order valence-electron chi connectivity index (χ1n) is 4.00. The fraction of sp³-hybridized carbons (Fsp3) is 0.333. The zero-order chi connectivity index (χ0) is 11.5. The van der Waals surface area contributed by atoms with Gasteiger partial charge in [-0.3, -0.25) is 0 Å². The Labute approximate surface area is 113 Å². The van der Waals surface area contributed by atoms with Crippen LogP contribution in [0.25, 0.3) is 0 Å². The lowest BCUT2D eigenvalue weighted by Crippen LogP contribution is -2.21. The summed E-state index contributed by atoms with van der Waals surface area (Å²) in [6.07, 6.45) is 0. The van der Waals surface area contributed by atoms with Gasteiger partial charge in [-0.15, -0.1) is 11.8 Å². The minimum absolute atomic E-state index is 0.562. The number of thioether (sulfide) groups is 1. The smallest absolute Gasteiger partial charge is 0.225 e. The van der Waals surface area contributed by atoms with E-state index < -0.39 is 9.23 Å². The summed E-state index contributed by atoms with van der Waals surface area (Å²) >= 11 is 23.4. The number of hydrogen-bond acceptors (Lipinski definition) is 2. The predicted octanol–water partition coefficient (Wildman–Crippen LogP) is 4.26. The van der Waals surface area contributed by atoms with Gasteiger partial charge in [0.25, 0.3) is 0 Å². The summed E-state index contributed by atoms with van der Waals surface area (Å²) in [7, 11) is 0. The van der Waals surface area contributed by atoms with Crippen molar-refractivity contribution >= 4 is 58.2 Å². The average molecular weight is 306 g/mol. The third-order valence-corrected chi connectivity index (χ3v) is 4.03. The van der Waals surface area contributed by atoms with Crippen LogP contribution >= 0.6 is 58.2 Å². The molecule has 1 N–H and O–H groups in total. The van der Waals surface area contributed by atoms with Crippen LogP contribution in [0, 0.1) is 0 Å². The van der Waals surface area contributed by atoms with Crippen molar-refractivity contribution in [1.82, 2.24) is 0 Å². The molecule has 1 unspecified atom stereocenters. The molecule has 0 radical (unpaired) electrons. The van der Waals surface area contributed by atoms with E-state index in [-0.39, 0.29) is 0 Å². The Balaban J connectivity index is 2.47. The molecule has 0 fully saturated rings. The Morgan fingerprint density at radius 2 is 1.73 bits per heavy atom. The Bertz CT molecular complexity index is 309. The lowest BCUT2D eigenvalue weighted by Gasteiger charge is -2.17. The van der Waals surface area contributed by atoms with Crippen LogP contribution in [0.3, 0.4) is 0 Å². The van der Waals surface area contributed by atoms with E-state index in [4.69, 9.17) is 46.4 Å². The number of hydrogen-bond donors (Lipinski definition) is 1. The molecular formula is C9H8Cl4OS. The van der Waals surface area contributed by atoms with Crippen LogP contribution in [0.4, 0.5) is 0 Å². The van der Waals surface area contributed by atoms with Crippen LogP contribution in [0.1, 0.15) is 5.56 Å². The largest absolute Gasteiger partial charge is 0.378 e. The topological polar surface area (TPSA) is 20.2 Å². The summed E-state index contributed by atoms with van der Waals surface area (Å²) in [5.41, 5.74) is -0.0316. The first-order chi connectivity index (χ1) is 6.89. The minimum Gasteiger partial charge on any atom is -0.378 e. The number of aliphatic hydroxyl groups excluding tert-OH is 1. The molecular weight excluding hydrogens is 298 g/mol. The molecule has 0 heterocycles. The number of aliphatic hydroxyl groups is 1. The predicted molar refractivity (Wildman–Crippen MR) is 69.0 cm³/mol. The minimum atomic E-state index is -1.66. The van der Waals surface area contributed by atoms with Gasteiger partial charge in [-0.2, -0.15) is 0 Å². The summed E-state index contributed by atoms with van der Waals surface area (Å²) in [6, 6.07) is 7.28. The summed E-state index contributed by atoms with van der Waals surface area (Å²) in [4.78, 5) is 0. The molecule has 0 amide bonds. The van der Waals surface area contributed by atoms with E-state index in [1.807, 2.05) is 12.1 Å². The highest BCUT2D eigenvalue weighted by atomic mass is 35.6. The highest BCUT2D eigenvalue weighted by Crippen LogP contribution is 2.37. The molecule has 0 aliphatic carbocycles. The van der Waals surface area contributed by atoms with Gasteiger partial charge in [0.1, 0.15) is 5.44 Å². The Morgan fingerprint density at radius 3 is 2.20 bits per heavy atom. The zero-order valence-corrected chi connectivity index (χ0v) is 11.3. The molecule has 1 rings (SSSR count). The molecule has 0 spiro atoms. The van der Waals surface area contributed by atoms with Crippen molar-refractivity contribution in [3.05, 3.63) is 34.9 Å². The maximum absolute atomic E-state index is 9.44. The van der Waals surface area contributed by atoms with Crippen molar-refractivity contribution in [3.8, 4) is 0 Å².